The topological polar surface area (TPSA) is 72.7 Å². The molecule has 1 atom stereocenters. The number of anilines is 1. The van der Waals surface area contributed by atoms with Crippen molar-refractivity contribution in [3.8, 4) is 0 Å². The fourth-order valence-corrected chi connectivity index (χ4v) is 3.27. The van der Waals surface area contributed by atoms with Crippen LogP contribution in [0.5, 0.6) is 0 Å². The standard InChI is InChI=1S/C20H22N2O4/c1-2-21(14-17-9-6-12-26-17)18-11-10-16(13-19(18)22(24)25)20(23)15-7-4-3-5-8-15/h3-5,7-8,10-11,13,17H,2,6,9,12,14H2,1H3/t17-/m1/s1. The average Bonchev–Trinajstić information content (AvgIpc) is 3.19. The Hall–Kier alpha value is -2.73. The van der Waals surface area contributed by atoms with E-state index in [1.807, 2.05) is 17.9 Å². The molecule has 1 saturated heterocycles. The number of rotatable bonds is 7. The van der Waals surface area contributed by atoms with Gasteiger partial charge in [0.05, 0.1) is 11.0 Å². The summed E-state index contributed by atoms with van der Waals surface area (Å²) in [6.07, 6.45) is 2.09. The van der Waals surface area contributed by atoms with Crippen molar-refractivity contribution in [2.45, 2.75) is 25.9 Å². The summed E-state index contributed by atoms with van der Waals surface area (Å²) in [5.41, 5.74) is 1.31. The van der Waals surface area contributed by atoms with Gasteiger partial charge in [0.25, 0.3) is 5.69 Å². The number of nitro groups is 1. The largest absolute Gasteiger partial charge is 0.376 e. The SMILES string of the molecule is CCN(C[C@H]1CCCO1)c1ccc(C(=O)c2ccccc2)cc1[N+](=O)[O-]. The Morgan fingerprint density at radius 3 is 2.62 bits per heavy atom. The van der Waals surface area contributed by atoms with Gasteiger partial charge in [-0.3, -0.25) is 14.9 Å². The number of ether oxygens (including phenoxy) is 1. The molecule has 1 aliphatic heterocycles. The lowest BCUT2D eigenvalue weighted by Gasteiger charge is -2.25. The third-order valence-corrected chi connectivity index (χ3v) is 4.64. The lowest BCUT2D eigenvalue weighted by atomic mass is 10.0. The Kier molecular flexibility index (Phi) is 5.63. The van der Waals surface area contributed by atoms with Gasteiger partial charge in [-0.05, 0) is 31.9 Å². The molecule has 136 valence electrons. The maximum atomic E-state index is 12.6. The molecular formula is C20H22N2O4. The summed E-state index contributed by atoms with van der Waals surface area (Å²) in [5, 5.41) is 11.6. The second-order valence-corrected chi connectivity index (χ2v) is 6.33. The summed E-state index contributed by atoms with van der Waals surface area (Å²) in [4.78, 5) is 25.7. The van der Waals surface area contributed by atoms with Crippen molar-refractivity contribution in [2.24, 2.45) is 0 Å². The molecule has 0 saturated carbocycles. The van der Waals surface area contributed by atoms with Gasteiger partial charge in [-0.25, -0.2) is 0 Å². The molecule has 1 aliphatic rings. The minimum absolute atomic E-state index is 0.0494. The molecule has 0 aromatic heterocycles. The Morgan fingerprint density at radius 1 is 1.23 bits per heavy atom. The van der Waals surface area contributed by atoms with Crippen LogP contribution in [0.1, 0.15) is 35.7 Å². The minimum Gasteiger partial charge on any atom is -0.376 e. The quantitative estimate of drug-likeness (QED) is 0.429. The lowest BCUT2D eigenvalue weighted by Crippen LogP contribution is -2.32. The van der Waals surface area contributed by atoms with E-state index in [9.17, 15) is 14.9 Å². The number of carbonyl (C=O) groups excluding carboxylic acids is 1. The Balaban J connectivity index is 1.91. The highest BCUT2D eigenvalue weighted by atomic mass is 16.6. The van der Waals surface area contributed by atoms with E-state index in [0.29, 0.717) is 29.9 Å². The summed E-state index contributed by atoms with van der Waals surface area (Å²) in [6.45, 7) is 3.95. The van der Waals surface area contributed by atoms with Crippen LogP contribution in [0.25, 0.3) is 0 Å². The molecule has 0 radical (unpaired) electrons. The molecule has 1 heterocycles. The number of hydrogen-bond donors (Lipinski definition) is 0. The molecule has 0 unspecified atom stereocenters. The van der Waals surface area contributed by atoms with Gasteiger partial charge in [0.1, 0.15) is 5.69 Å². The highest BCUT2D eigenvalue weighted by molar-refractivity contribution is 6.09. The predicted molar refractivity (Wildman–Crippen MR) is 99.8 cm³/mol. The number of ketones is 1. The van der Waals surface area contributed by atoms with Crippen LogP contribution in [0.4, 0.5) is 11.4 Å². The second kappa shape index (κ2) is 8.10. The number of nitro benzene ring substituents is 1. The maximum Gasteiger partial charge on any atom is 0.293 e. The van der Waals surface area contributed by atoms with E-state index in [2.05, 4.69) is 0 Å². The molecule has 6 nitrogen and oxygen atoms in total. The van der Waals surface area contributed by atoms with Crippen LogP contribution in [0.2, 0.25) is 0 Å². The van der Waals surface area contributed by atoms with Crippen molar-refractivity contribution < 1.29 is 14.5 Å². The number of benzene rings is 2. The fourth-order valence-electron chi connectivity index (χ4n) is 3.27. The van der Waals surface area contributed by atoms with Crippen molar-refractivity contribution >= 4 is 17.2 Å². The number of nitrogens with zero attached hydrogens (tertiary/aromatic N) is 2. The zero-order valence-electron chi connectivity index (χ0n) is 14.8. The zero-order valence-corrected chi connectivity index (χ0v) is 14.8. The molecular weight excluding hydrogens is 332 g/mol. The van der Waals surface area contributed by atoms with E-state index < -0.39 is 4.92 Å². The molecule has 26 heavy (non-hydrogen) atoms. The third-order valence-electron chi connectivity index (χ3n) is 4.64. The molecule has 1 fully saturated rings. The zero-order chi connectivity index (χ0) is 18.5. The van der Waals surface area contributed by atoms with Crippen molar-refractivity contribution in [3.05, 3.63) is 69.8 Å². The molecule has 2 aromatic rings. The number of likely N-dealkylation sites (N-methyl/N-ethyl adjacent to an activating group) is 1. The molecule has 6 heteroatoms. The molecule has 0 spiro atoms. The van der Waals surface area contributed by atoms with E-state index in [0.717, 1.165) is 19.4 Å². The van der Waals surface area contributed by atoms with Gasteiger partial charge in [-0.15, -0.1) is 0 Å². The molecule has 3 rings (SSSR count). The molecule has 0 amide bonds. The molecule has 2 aromatic carbocycles. The van der Waals surface area contributed by atoms with Crippen LogP contribution >= 0.6 is 0 Å². The van der Waals surface area contributed by atoms with Crippen molar-refractivity contribution in [3.63, 3.8) is 0 Å². The van der Waals surface area contributed by atoms with E-state index in [4.69, 9.17) is 4.74 Å². The monoisotopic (exact) mass is 354 g/mol. The smallest absolute Gasteiger partial charge is 0.293 e. The summed E-state index contributed by atoms with van der Waals surface area (Å²) >= 11 is 0. The molecule has 0 aliphatic carbocycles. The molecule has 0 bridgehead atoms. The first-order valence-corrected chi connectivity index (χ1v) is 8.85. The van der Waals surface area contributed by atoms with Crippen LogP contribution in [-0.2, 0) is 4.74 Å². The van der Waals surface area contributed by atoms with Gasteiger partial charge in [-0.2, -0.15) is 0 Å². The van der Waals surface area contributed by atoms with Crippen LogP contribution in [0, 0.1) is 10.1 Å². The normalized spacial score (nSPS) is 16.4. The Labute approximate surface area is 152 Å². The summed E-state index contributed by atoms with van der Waals surface area (Å²) in [7, 11) is 0. The van der Waals surface area contributed by atoms with Crippen LogP contribution < -0.4 is 4.90 Å². The third kappa shape index (κ3) is 3.91. The first kappa shape index (κ1) is 18.1. The van der Waals surface area contributed by atoms with Gasteiger partial charge in [0, 0.05) is 36.9 Å². The Morgan fingerprint density at radius 2 is 2.00 bits per heavy atom. The van der Waals surface area contributed by atoms with Gasteiger partial charge >= 0.3 is 0 Å². The summed E-state index contributed by atoms with van der Waals surface area (Å²) in [5.74, 6) is -0.220. The summed E-state index contributed by atoms with van der Waals surface area (Å²) in [6, 6.07) is 13.5. The highest BCUT2D eigenvalue weighted by Crippen LogP contribution is 2.31. The first-order valence-electron chi connectivity index (χ1n) is 8.85. The van der Waals surface area contributed by atoms with Gasteiger partial charge in [0.15, 0.2) is 5.78 Å². The Bertz CT molecular complexity index is 786. The van der Waals surface area contributed by atoms with Crippen LogP contribution in [0.15, 0.2) is 48.5 Å². The maximum absolute atomic E-state index is 12.6. The van der Waals surface area contributed by atoms with Gasteiger partial charge in [0.2, 0.25) is 0 Å². The minimum atomic E-state index is -0.421. The van der Waals surface area contributed by atoms with Crippen molar-refractivity contribution in [2.75, 3.05) is 24.6 Å². The van der Waals surface area contributed by atoms with E-state index in [-0.39, 0.29) is 17.6 Å². The highest BCUT2D eigenvalue weighted by Gasteiger charge is 2.25. The second-order valence-electron chi connectivity index (χ2n) is 6.33. The van der Waals surface area contributed by atoms with Crippen LogP contribution in [-0.4, -0.2) is 36.5 Å². The molecule has 0 N–H and O–H groups in total. The average molecular weight is 354 g/mol. The predicted octanol–water partition coefficient (Wildman–Crippen LogP) is 3.83. The van der Waals surface area contributed by atoms with E-state index in [1.165, 1.54) is 6.07 Å². The van der Waals surface area contributed by atoms with Gasteiger partial charge in [-0.1, -0.05) is 30.3 Å². The van der Waals surface area contributed by atoms with Crippen molar-refractivity contribution in [1.82, 2.24) is 0 Å². The number of carbonyl (C=O) groups is 1. The number of hydrogen-bond acceptors (Lipinski definition) is 5. The van der Waals surface area contributed by atoms with E-state index >= 15 is 0 Å². The van der Waals surface area contributed by atoms with Crippen LogP contribution in [0.3, 0.4) is 0 Å². The fraction of sp³-hybridized carbons (Fsp3) is 0.350. The van der Waals surface area contributed by atoms with Gasteiger partial charge < -0.3 is 9.64 Å². The summed E-state index contributed by atoms with van der Waals surface area (Å²) < 4.78 is 5.66. The first-order chi connectivity index (χ1) is 12.6. The lowest BCUT2D eigenvalue weighted by molar-refractivity contribution is -0.384. The van der Waals surface area contributed by atoms with Crippen molar-refractivity contribution in [1.29, 1.82) is 0 Å². The van der Waals surface area contributed by atoms with E-state index in [1.54, 1.807) is 36.4 Å².